The van der Waals surface area contributed by atoms with Crippen LogP contribution in [0.4, 0.5) is 11.4 Å². The molecule has 0 saturated carbocycles. The fraction of sp³-hybridized carbons (Fsp3) is 0.385. The molecule has 0 bridgehead atoms. The van der Waals surface area contributed by atoms with Gasteiger partial charge in [0, 0.05) is 24.3 Å². The Morgan fingerprint density at radius 3 is 2.89 bits per heavy atom. The van der Waals surface area contributed by atoms with E-state index >= 15 is 0 Å². The molecule has 0 aromatic heterocycles. The predicted octanol–water partition coefficient (Wildman–Crippen LogP) is 1.10. The molecular formula is C13H16N2O3. The molecule has 1 aliphatic heterocycles. The number of nitrogens with zero attached hydrogens (tertiary/aromatic N) is 1. The second-order valence-electron chi connectivity index (χ2n) is 4.42. The minimum Gasteiger partial charge on any atom is -0.469 e. The van der Waals surface area contributed by atoms with Crippen LogP contribution in [-0.4, -0.2) is 25.5 Å². The van der Waals surface area contributed by atoms with E-state index in [9.17, 15) is 9.59 Å². The number of carbonyl (C=O) groups is 2. The highest BCUT2D eigenvalue weighted by atomic mass is 16.5. The molecule has 2 rings (SSSR count). The van der Waals surface area contributed by atoms with Crippen molar-refractivity contribution in [2.45, 2.75) is 13.3 Å². The molecule has 0 unspecified atom stereocenters. The lowest BCUT2D eigenvalue weighted by Crippen LogP contribution is -2.27. The molecule has 1 aliphatic rings. The first-order valence-corrected chi connectivity index (χ1v) is 5.78. The van der Waals surface area contributed by atoms with Crippen molar-refractivity contribution in [1.29, 1.82) is 0 Å². The summed E-state index contributed by atoms with van der Waals surface area (Å²) < 4.78 is 4.68. The Balaban J connectivity index is 2.27. The Morgan fingerprint density at radius 1 is 1.50 bits per heavy atom. The number of methoxy groups -OCH3 is 1. The number of nitrogen functional groups attached to an aromatic ring is 1. The monoisotopic (exact) mass is 248 g/mol. The summed E-state index contributed by atoms with van der Waals surface area (Å²) in [7, 11) is 1.33. The van der Waals surface area contributed by atoms with E-state index in [0.29, 0.717) is 12.2 Å². The largest absolute Gasteiger partial charge is 0.469 e. The molecule has 0 aliphatic carbocycles. The molecule has 5 nitrogen and oxygen atoms in total. The van der Waals surface area contributed by atoms with Crippen LogP contribution >= 0.6 is 0 Å². The standard InChI is InChI=1S/C13H16N2O3/c1-8-10(14)4-3-5-11(8)15-7-9(6-12(15)16)13(17)18-2/h3-5,9H,6-7,14H2,1-2H3/t9-/m0/s1. The maximum Gasteiger partial charge on any atom is 0.311 e. The smallest absolute Gasteiger partial charge is 0.311 e. The molecule has 5 heteroatoms. The van der Waals surface area contributed by atoms with Crippen LogP contribution < -0.4 is 10.6 Å². The van der Waals surface area contributed by atoms with Gasteiger partial charge in [-0.15, -0.1) is 0 Å². The first-order chi connectivity index (χ1) is 8.54. The minimum absolute atomic E-state index is 0.0703. The molecule has 1 aromatic rings. The number of hydrogen-bond acceptors (Lipinski definition) is 4. The van der Waals surface area contributed by atoms with Crippen molar-refractivity contribution in [3.05, 3.63) is 23.8 Å². The summed E-state index contributed by atoms with van der Waals surface area (Å²) in [5.41, 5.74) is 8.09. The molecule has 1 amide bonds. The summed E-state index contributed by atoms with van der Waals surface area (Å²) in [4.78, 5) is 25.0. The molecule has 1 atom stereocenters. The van der Waals surface area contributed by atoms with E-state index in [2.05, 4.69) is 4.74 Å². The van der Waals surface area contributed by atoms with Crippen molar-refractivity contribution in [3.8, 4) is 0 Å². The molecular weight excluding hydrogens is 232 g/mol. The van der Waals surface area contributed by atoms with E-state index in [1.54, 1.807) is 17.0 Å². The zero-order chi connectivity index (χ0) is 13.3. The van der Waals surface area contributed by atoms with Crippen LogP contribution in [0.5, 0.6) is 0 Å². The van der Waals surface area contributed by atoms with Gasteiger partial charge in [-0.1, -0.05) is 6.07 Å². The van der Waals surface area contributed by atoms with Crippen molar-refractivity contribution in [3.63, 3.8) is 0 Å². The van der Waals surface area contributed by atoms with Crippen LogP contribution in [-0.2, 0) is 14.3 Å². The Hall–Kier alpha value is -2.04. The van der Waals surface area contributed by atoms with Gasteiger partial charge >= 0.3 is 5.97 Å². The van der Waals surface area contributed by atoms with Gasteiger partial charge in [0.1, 0.15) is 0 Å². The highest BCUT2D eigenvalue weighted by molar-refractivity contribution is 6.00. The summed E-state index contributed by atoms with van der Waals surface area (Å²) in [5, 5.41) is 0. The fourth-order valence-corrected chi connectivity index (χ4v) is 2.20. The molecule has 1 fully saturated rings. The van der Waals surface area contributed by atoms with Gasteiger partial charge in [-0.2, -0.15) is 0 Å². The third kappa shape index (κ3) is 2.03. The highest BCUT2D eigenvalue weighted by Crippen LogP contribution is 2.30. The third-order valence-electron chi connectivity index (χ3n) is 3.30. The van der Waals surface area contributed by atoms with Gasteiger partial charge in [0.15, 0.2) is 0 Å². The average Bonchev–Trinajstić information content (AvgIpc) is 2.74. The minimum atomic E-state index is -0.386. The molecule has 0 radical (unpaired) electrons. The average molecular weight is 248 g/mol. The zero-order valence-electron chi connectivity index (χ0n) is 10.5. The number of hydrogen-bond donors (Lipinski definition) is 1. The normalized spacial score (nSPS) is 19.1. The van der Waals surface area contributed by atoms with Gasteiger partial charge in [0.2, 0.25) is 5.91 Å². The maximum atomic E-state index is 11.9. The quantitative estimate of drug-likeness (QED) is 0.628. The van der Waals surface area contributed by atoms with Crippen LogP contribution in [0.1, 0.15) is 12.0 Å². The number of rotatable bonds is 2. The number of nitrogens with two attached hydrogens (primary N) is 1. The Labute approximate surface area is 106 Å². The summed E-state index contributed by atoms with van der Waals surface area (Å²) in [5.74, 6) is -0.796. The van der Waals surface area contributed by atoms with E-state index in [4.69, 9.17) is 5.73 Å². The van der Waals surface area contributed by atoms with Gasteiger partial charge < -0.3 is 15.4 Å². The summed E-state index contributed by atoms with van der Waals surface area (Å²) in [6, 6.07) is 5.43. The van der Waals surface area contributed by atoms with Crippen LogP contribution in [0.3, 0.4) is 0 Å². The van der Waals surface area contributed by atoms with Crippen molar-refractivity contribution < 1.29 is 14.3 Å². The Morgan fingerprint density at radius 2 is 2.22 bits per heavy atom. The number of benzene rings is 1. The van der Waals surface area contributed by atoms with Crippen LogP contribution in [0.25, 0.3) is 0 Å². The van der Waals surface area contributed by atoms with E-state index in [1.807, 2.05) is 13.0 Å². The van der Waals surface area contributed by atoms with Gasteiger partial charge in [0.25, 0.3) is 0 Å². The van der Waals surface area contributed by atoms with E-state index in [1.165, 1.54) is 7.11 Å². The second-order valence-corrected chi connectivity index (χ2v) is 4.42. The van der Waals surface area contributed by atoms with Crippen LogP contribution in [0.15, 0.2) is 18.2 Å². The first-order valence-electron chi connectivity index (χ1n) is 5.78. The van der Waals surface area contributed by atoms with Crippen molar-refractivity contribution in [2.24, 2.45) is 5.92 Å². The van der Waals surface area contributed by atoms with Crippen molar-refractivity contribution in [2.75, 3.05) is 24.3 Å². The van der Waals surface area contributed by atoms with Crippen LogP contribution in [0, 0.1) is 12.8 Å². The molecule has 96 valence electrons. The number of anilines is 2. The molecule has 18 heavy (non-hydrogen) atoms. The third-order valence-corrected chi connectivity index (χ3v) is 3.30. The number of esters is 1. The Bertz CT molecular complexity index is 499. The molecule has 1 aromatic carbocycles. The maximum absolute atomic E-state index is 11.9. The van der Waals surface area contributed by atoms with E-state index < -0.39 is 0 Å². The zero-order valence-corrected chi connectivity index (χ0v) is 10.5. The van der Waals surface area contributed by atoms with Gasteiger partial charge in [-0.05, 0) is 24.6 Å². The Kier molecular flexibility index (Phi) is 3.23. The number of ether oxygens (including phenoxy) is 1. The lowest BCUT2D eigenvalue weighted by molar-refractivity contribution is -0.145. The fourth-order valence-electron chi connectivity index (χ4n) is 2.20. The number of carbonyl (C=O) groups excluding carboxylic acids is 2. The van der Waals surface area contributed by atoms with Crippen molar-refractivity contribution in [1.82, 2.24) is 0 Å². The summed E-state index contributed by atoms with van der Waals surface area (Å²) >= 11 is 0. The summed E-state index contributed by atoms with van der Waals surface area (Å²) in [6.45, 7) is 2.22. The molecule has 1 saturated heterocycles. The van der Waals surface area contributed by atoms with E-state index in [-0.39, 0.29) is 24.2 Å². The lowest BCUT2D eigenvalue weighted by Gasteiger charge is -2.19. The topological polar surface area (TPSA) is 72.6 Å². The number of amides is 1. The van der Waals surface area contributed by atoms with Crippen LogP contribution in [0.2, 0.25) is 0 Å². The van der Waals surface area contributed by atoms with Gasteiger partial charge in [-0.3, -0.25) is 9.59 Å². The lowest BCUT2D eigenvalue weighted by atomic mass is 10.1. The summed E-state index contributed by atoms with van der Waals surface area (Å²) in [6.07, 6.45) is 0.195. The van der Waals surface area contributed by atoms with E-state index in [0.717, 1.165) is 11.3 Å². The first kappa shape index (κ1) is 12.4. The molecule has 2 N–H and O–H groups in total. The second kappa shape index (κ2) is 4.68. The SMILES string of the molecule is COC(=O)[C@H]1CC(=O)N(c2cccc(N)c2C)C1. The van der Waals surface area contributed by atoms with Gasteiger partial charge in [-0.25, -0.2) is 0 Å². The highest BCUT2D eigenvalue weighted by Gasteiger charge is 2.36. The van der Waals surface area contributed by atoms with Crippen molar-refractivity contribution >= 4 is 23.3 Å². The molecule has 0 spiro atoms. The molecule has 1 heterocycles. The predicted molar refractivity (Wildman–Crippen MR) is 68.1 cm³/mol. The van der Waals surface area contributed by atoms with Gasteiger partial charge in [0.05, 0.1) is 13.0 Å².